The Balaban J connectivity index is 2.64. The lowest BCUT2D eigenvalue weighted by molar-refractivity contribution is -0.128. The minimum absolute atomic E-state index is 0.0988. The van der Waals surface area contributed by atoms with Gasteiger partial charge in [-0.05, 0) is 51.3 Å². The molecule has 0 radical (unpaired) electrons. The fourth-order valence-electron chi connectivity index (χ4n) is 2.49. The summed E-state index contributed by atoms with van der Waals surface area (Å²) in [7, 11) is 1.47. The molecule has 0 fully saturated rings. The number of amides is 4. The highest BCUT2D eigenvalue weighted by Gasteiger charge is 2.29. The van der Waals surface area contributed by atoms with Gasteiger partial charge in [0.15, 0.2) is 0 Å². The van der Waals surface area contributed by atoms with Gasteiger partial charge in [0.05, 0.1) is 0 Å². The average molecular weight is 451 g/mol. The van der Waals surface area contributed by atoms with Crippen LogP contribution in [0.2, 0.25) is 0 Å². The second-order valence-corrected chi connectivity index (χ2v) is 8.61. The second-order valence-electron chi connectivity index (χ2n) is 8.61. The van der Waals surface area contributed by atoms with Gasteiger partial charge in [0.2, 0.25) is 11.8 Å². The van der Waals surface area contributed by atoms with E-state index >= 15 is 0 Å². The smallest absolute Gasteiger partial charge is 0.408 e. The van der Waals surface area contributed by atoms with Crippen molar-refractivity contribution < 1.29 is 28.7 Å². The van der Waals surface area contributed by atoms with Crippen molar-refractivity contribution in [2.24, 2.45) is 5.92 Å². The number of nitrogens with one attached hydrogen (secondary N) is 4. The molecule has 0 aliphatic rings. The summed E-state index contributed by atoms with van der Waals surface area (Å²) in [6.45, 7) is 10.4. The van der Waals surface area contributed by atoms with Crippen LogP contribution in [0.4, 0.5) is 15.3 Å². The number of carbonyl (C=O) groups excluding carboxylic acids is 4. The summed E-state index contributed by atoms with van der Waals surface area (Å²) in [5.41, 5.74) is 0.576. The molecule has 4 N–H and O–H groups in total. The molecule has 178 valence electrons. The molecule has 10 heteroatoms. The molecule has 1 aromatic carbocycles. The Morgan fingerprint density at radius 3 is 2.00 bits per heavy atom. The largest absolute Gasteiger partial charge is 0.445 e. The zero-order valence-electron chi connectivity index (χ0n) is 19.7. The predicted molar refractivity (Wildman–Crippen MR) is 120 cm³/mol. The first-order valence-corrected chi connectivity index (χ1v) is 10.4. The molecular weight excluding hydrogens is 416 g/mol. The molecule has 1 rings (SSSR count). The predicted octanol–water partition coefficient (Wildman–Crippen LogP) is 2.54. The van der Waals surface area contributed by atoms with E-state index in [1.165, 1.54) is 7.05 Å². The van der Waals surface area contributed by atoms with E-state index in [2.05, 4.69) is 21.3 Å². The zero-order valence-corrected chi connectivity index (χ0v) is 19.7. The molecule has 0 heterocycles. The van der Waals surface area contributed by atoms with E-state index in [1.807, 2.05) is 0 Å². The number of alkyl carbamates (subject to hydrolysis) is 2. The summed E-state index contributed by atoms with van der Waals surface area (Å²) < 4.78 is 10.2. The Kier molecular flexibility index (Phi) is 9.96. The average Bonchev–Trinajstić information content (AvgIpc) is 2.69. The van der Waals surface area contributed by atoms with Gasteiger partial charge < -0.3 is 30.7 Å². The molecule has 0 spiro atoms. The molecule has 0 bridgehead atoms. The molecule has 0 unspecified atom stereocenters. The van der Waals surface area contributed by atoms with Crippen LogP contribution in [0.5, 0.6) is 0 Å². The minimum Gasteiger partial charge on any atom is -0.445 e. The van der Waals surface area contributed by atoms with Crippen LogP contribution in [-0.4, -0.2) is 48.7 Å². The number of anilines is 1. The number of hydrogen-bond donors (Lipinski definition) is 4. The van der Waals surface area contributed by atoms with Crippen molar-refractivity contribution in [3.63, 3.8) is 0 Å². The summed E-state index contributed by atoms with van der Waals surface area (Å²) >= 11 is 0. The molecule has 0 saturated carbocycles. The van der Waals surface area contributed by atoms with E-state index in [0.717, 1.165) is 5.56 Å². The Morgan fingerprint density at radius 2 is 1.50 bits per heavy atom. The maximum Gasteiger partial charge on any atom is 0.408 e. The zero-order chi connectivity index (χ0) is 24.5. The van der Waals surface area contributed by atoms with E-state index in [1.54, 1.807) is 65.8 Å². The number of benzene rings is 1. The number of carbonyl (C=O) groups is 4. The molecule has 32 heavy (non-hydrogen) atoms. The summed E-state index contributed by atoms with van der Waals surface area (Å²) in [5, 5.41) is 10.2. The van der Waals surface area contributed by atoms with Crippen LogP contribution in [0.1, 0.15) is 47.1 Å². The highest BCUT2D eigenvalue weighted by atomic mass is 16.6. The fourth-order valence-corrected chi connectivity index (χ4v) is 2.49. The lowest BCUT2D eigenvalue weighted by Gasteiger charge is -2.26. The molecule has 1 aromatic rings. The van der Waals surface area contributed by atoms with Crippen LogP contribution in [0, 0.1) is 5.92 Å². The van der Waals surface area contributed by atoms with Crippen molar-refractivity contribution in [2.45, 2.75) is 65.8 Å². The topological polar surface area (TPSA) is 135 Å². The first kappa shape index (κ1) is 26.7. The fraction of sp³-hybridized carbons (Fsp3) is 0.545. The monoisotopic (exact) mass is 450 g/mol. The quantitative estimate of drug-likeness (QED) is 0.481. The van der Waals surface area contributed by atoms with Gasteiger partial charge in [0.25, 0.3) is 0 Å². The second kappa shape index (κ2) is 11.9. The van der Waals surface area contributed by atoms with Gasteiger partial charge in [-0.2, -0.15) is 0 Å². The van der Waals surface area contributed by atoms with Gasteiger partial charge in [-0.1, -0.05) is 26.0 Å². The van der Waals surface area contributed by atoms with E-state index in [-0.39, 0.29) is 12.5 Å². The number of ether oxygens (including phenoxy) is 2. The third kappa shape index (κ3) is 9.67. The van der Waals surface area contributed by atoms with Crippen LogP contribution < -0.4 is 21.3 Å². The minimum atomic E-state index is -0.861. The first-order chi connectivity index (χ1) is 14.8. The summed E-state index contributed by atoms with van der Waals surface area (Å²) in [5.74, 6) is -1.13. The molecule has 0 aliphatic carbocycles. The maximum atomic E-state index is 12.6. The Morgan fingerprint density at radius 1 is 0.906 bits per heavy atom. The first-order valence-electron chi connectivity index (χ1n) is 10.4. The number of hydrogen-bond acceptors (Lipinski definition) is 6. The molecular formula is C22H34N4O6. The Hall–Kier alpha value is -3.30. The third-order valence-corrected chi connectivity index (χ3v) is 4.17. The Bertz CT molecular complexity index is 802. The van der Waals surface area contributed by atoms with Crippen molar-refractivity contribution >= 4 is 29.7 Å². The number of rotatable bonds is 8. The summed E-state index contributed by atoms with van der Waals surface area (Å²) in [6.07, 6.45) is -1.24. The van der Waals surface area contributed by atoms with Gasteiger partial charge in [-0.3, -0.25) is 9.59 Å². The van der Waals surface area contributed by atoms with Gasteiger partial charge >= 0.3 is 12.2 Å². The van der Waals surface area contributed by atoms with E-state index < -0.39 is 41.7 Å². The normalized spacial score (nSPS) is 12.9. The molecule has 0 aromatic heterocycles. The molecule has 0 saturated heterocycles. The van der Waals surface area contributed by atoms with Gasteiger partial charge in [-0.25, -0.2) is 9.59 Å². The van der Waals surface area contributed by atoms with Crippen LogP contribution >= 0.6 is 0 Å². The third-order valence-electron chi connectivity index (χ3n) is 4.17. The van der Waals surface area contributed by atoms with E-state index in [4.69, 9.17) is 9.47 Å². The lowest BCUT2D eigenvalue weighted by Crippen LogP contribution is -2.54. The van der Waals surface area contributed by atoms with Crippen molar-refractivity contribution in [3.8, 4) is 0 Å². The van der Waals surface area contributed by atoms with Crippen molar-refractivity contribution in [1.82, 2.24) is 16.0 Å². The summed E-state index contributed by atoms with van der Waals surface area (Å²) in [4.78, 5) is 48.3. The van der Waals surface area contributed by atoms with Crippen molar-refractivity contribution in [2.75, 3.05) is 12.4 Å². The van der Waals surface area contributed by atoms with Crippen molar-refractivity contribution in [1.29, 1.82) is 0 Å². The van der Waals surface area contributed by atoms with Gasteiger partial charge in [0.1, 0.15) is 24.3 Å². The Labute approximate surface area is 188 Å². The molecule has 4 amide bonds. The van der Waals surface area contributed by atoms with Gasteiger partial charge in [-0.15, -0.1) is 0 Å². The van der Waals surface area contributed by atoms with Crippen LogP contribution in [-0.2, 0) is 25.7 Å². The highest BCUT2D eigenvalue weighted by molar-refractivity contribution is 5.98. The van der Waals surface area contributed by atoms with E-state index in [0.29, 0.717) is 5.69 Å². The maximum absolute atomic E-state index is 12.6. The van der Waals surface area contributed by atoms with Crippen LogP contribution in [0.25, 0.3) is 0 Å². The standard InChI is InChI=1S/C22H34N4O6/c1-13(2)17(26-21(30)32-22(4,5)6)19(28)24-14(3)18(27)25-16-10-8-15(9-11-16)12-31-20(29)23-7/h8-11,13-14,17H,12H2,1-7H3,(H,23,29)(H,24,28)(H,25,27)(H,26,30)/t14-,17-/m0/s1. The summed E-state index contributed by atoms with van der Waals surface area (Å²) in [6, 6.07) is 5.04. The molecule has 0 aliphatic heterocycles. The molecule has 10 nitrogen and oxygen atoms in total. The van der Waals surface area contributed by atoms with Crippen LogP contribution in [0.3, 0.4) is 0 Å². The highest BCUT2D eigenvalue weighted by Crippen LogP contribution is 2.12. The van der Waals surface area contributed by atoms with Crippen molar-refractivity contribution in [3.05, 3.63) is 29.8 Å². The molecule has 2 atom stereocenters. The van der Waals surface area contributed by atoms with Gasteiger partial charge in [0, 0.05) is 12.7 Å². The lowest BCUT2D eigenvalue weighted by atomic mass is 10.0. The SMILES string of the molecule is CNC(=O)OCc1ccc(NC(=O)[C@H](C)NC(=O)[C@@H](NC(=O)OC(C)(C)C)C(C)C)cc1. The van der Waals surface area contributed by atoms with Crippen LogP contribution in [0.15, 0.2) is 24.3 Å². The van der Waals surface area contributed by atoms with E-state index in [9.17, 15) is 19.2 Å².